The molecule has 0 aliphatic carbocycles. The molecule has 178 valence electrons. The first-order valence-electron chi connectivity index (χ1n) is 10.2. The van der Waals surface area contributed by atoms with Gasteiger partial charge in [-0.2, -0.15) is 0 Å². The number of benzene rings is 2. The molecular formula is C22H30O10. The minimum absolute atomic E-state index is 0.203. The van der Waals surface area contributed by atoms with Crippen LogP contribution in [-0.2, 0) is 18.9 Å². The molecule has 0 aromatic heterocycles. The van der Waals surface area contributed by atoms with Gasteiger partial charge in [0.05, 0.1) is 52.9 Å². The van der Waals surface area contributed by atoms with Gasteiger partial charge in [-0.1, -0.05) is 12.1 Å². The monoisotopic (exact) mass is 454 g/mol. The van der Waals surface area contributed by atoms with E-state index in [-0.39, 0.29) is 47.7 Å². The summed E-state index contributed by atoms with van der Waals surface area (Å²) >= 11 is 0. The molecule has 0 radical (unpaired) electrons. The normalized spacial score (nSPS) is 10.9. The highest BCUT2D eigenvalue weighted by molar-refractivity contribution is 5.49. The Hall–Kier alpha value is -2.92. The molecule has 0 saturated heterocycles. The Morgan fingerprint density at radius 3 is 1.09 bits per heavy atom. The average Bonchev–Trinajstić information content (AvgIpc) is 2.79. The van der Waals surface area contributed by atoms with Crippen LogP contribution in [0.4, 0.5) is 0 Å². The Morgan fingerprint density at radius 1 is 0.438 bits per heavy atom. The highest BCUT2D eigenvalue weighted by Crippen LogP contribution is 2.35. The second-order valence-electron chi connectivity index (χ2n) is 6.39. The fraction of sp³-hybridized carbons (Fsp3) is 0.455. The highest BCUT2D eigenvalue weighted by Gasteiger charge is 2.07. The first kappa shape index (κ1) is 25.3. The summed E-state index contributed by atoms with van der Waals surface area (Å²) < 4.78 is 32.1. The molecule has 0 aliphatic heterocycles. The molecule has 0 aliphatic rings. The number of phenols is 4. The lowest BCUT2D eigenvalue weighted by atomic mass is 10.3. The van der Waals surface area contributed by atoms with Crippen molar-refractivity contribution in [1.29, 1.82) is 0 Å². The number of hydrogen-bond donors (Lipinski definition) is 4. The average molecular weight is 454 g/mol. The van der Waals surface area contributed by atoms with Crippen LogP contribution in [0.2, 0.25) is 0 Å². The minimum Gasteiger partial charge on any atom is -0.504 e. The third-order valence-electron chi connectivity index (χ3n) is 4.04. The van der Waals surface area contributed by atoms with Gasteiger partial charge >= 0.3 is 0 Å². The standard InChI is InChI=1S/C22H30O10/c23-17-3-1-5-19(21(17)25)31-15-13-29-11-9-27-7-8-28-10-12-30-14-16-32-20-6-2-4-18(24)22(20)26/h1-6,23-26H,7-16H2. The quantitative estimate of drug-likeness (QED) is 0.208. The molecule has 0 amide bonds. The summed E-state index contributed by atoms with van der Waals surface area (Å²) in [5.41, 5.74) is 0. The van der Waals surface area contributed by atoms with Crippen LogP contribution in [0.5, 0.6) is 34.5 Å². The first-order chi connectivity index (χ1) is 15.6. The van der Waals surface area contributed by atoms with E-state index in [0.29, 0.717) is 52.9 Å². The Kier molecular flexibility index (Phi) is 11.9. The summed E-state index contributed by atoms with van der Waals surface area (Å²) in [7, 11) is 0. The van der Waals surface area contributed by atoms with Crippen LogP contribution < -0.4 is 9.47 Å². The summed E-state index contributed by atoms with van der Waals surface area (Å²) in [6.45, 7) is 3.59. The molecule has 0 heterocycles. The second-order valence-corrected chi connectivity index (χ2v) is 6.39. The fourth-order valence-electron chi connectivity index (χ4n) is 2.44. The summed E-state index contributed by atoms with van der Waals surface area (Å²) in [5.74, 6) is -0.633. The van der Waals surface area contributed by atoms with Crippen LogP contribution in [0, 0.1) is 0 Å². The van der Waals surface area contributed by atoms with Gasteiger partial charge in [-0.05, 0) is 24.3 Å². The SMILES string of the molecule is Oc1cccc(OCCOCCOCCOCCOCCOc2cccc(O)c2O)c1O. The van der Waals surface area contributed by atoms with E-state index in [1.807, 2.05) is 0 Å². The van der Waals surface area contributed by atoms with Crippen LogP contribution in [0.3, 0.4) is 0 Å². The summed E-state index contributed by atoms with van der Waals surface area (Å²) in [4.78, 5) is 0. The second kappa shape index (κ2) is 15.0. The molecular weight excluding hydrogens is 424 g/mol. The van der Waals surface area contributed by atoms with Crippen molar-refractivity contribution in [3.05, 3.63) is 36.4 Å². The number of phenolic OH excluding ortho intramolecular Hbond substituents is 4. The van der Waals surface area contributed by atoms with Crippen LogP contribution in [0.15, 0.2) is 36.4 Å². The number of rotatable bonds is 17. The van der Waals surface area contributed by atoms with E-state index < -0.39 is 0 Å². The van der Waals surface area contributed by atoms with Gasteiger partial charge in [0, 0.05) is 0 Å². The smallest absolute Gasteiger partial charge is 0.200 e. The third kappa shape index (κ3) is 9.48. The topological polar surface area (TPSA) is 136 Å². The van der Waals surface area contributed by atoms with Crippen LogP contribution in [0.25, 0.3) is 0 Å². The maximum atomic E-state index is 9.60. The van der Waals surface area contributed by atoms with Gasteiger partial charge in [-0.3, -0.25) is 0 Å². The largest absolute Gasteiger partial charge is 0.504 e. The molecule has 32 heavy (non-hydrogen) atoms. The van der Waals surface area contributed by atoms with E-state index in [1.54, 1.807) is 24.3 Å². The van der Waals surface area contributed by atoms with Crippen molar-refractivity contribution >= 4 is 0 Å². The van der Waals surface area contributed by atoms with Crippen molar-refractivity contribution in [2.24, 2.45) is 0 Å². The molecule has 4 N–H and O–H groups in total. The van der Waals surface area contributed by atoms with E-state index in [4.69, 9.17) is 28.4 Å². The van der Waals surface area contributed by atoms with Crippen molar-refractivity contribution in [3.63, 3.8) is 0 Å². The minimum atomic E-state index is -0.289. The fourth-order valence-corrected chi connectivity index (χ4v) is 2.44. The van der Waals surface area contributed by atoms with Crippen LogP contribution in [0.1, 0.15) is 0 Å². The molecule has 2 rings (SSSR count). The highest BCUT2D eigenvalue weighted by atomic mass is 16.6. The Balaban J connectivity index is 1.32. The van der Waals surface area contributed by atoms with Gasteiger partial charge in [0.1, 0.15) is 13.2 Å². The first-order valence-corrected chi connectivity index (χ1v) is 10.2. The van der Waals surface area contributed by atoms with Crippen molar-refractivity contribution in [3.8, 4) is 34.5 Å². The molecule has 0 fully saturated rings. The summed E-state index contributed by atoms with van der Waals surface area (Å²) in [5, 5.41) is 37.9. The van der Waals surface area contributed by atoms with Crippen molar-refractivity contribution in [2.75, 3.05) is 66.1 Å². The molecule has 10 heteroatoms. The van der Waals surface area contributed by atoms with Gasteiger partial charge in [0.2, 0.25) is 11.5 Å². The molecule has 0 bridgehead atoms. The van der Waals surface area contributed by atoms with Crippen LogP contribution >= 0.6 is 0 Å². The molecule has 0 unspecified atom stereocenters. The van der Waals surface area contributed by atoms with Gasteiger partial charge in [0.15, 0.2) is 23.0 Å². The van der Waals surface area contributed by atoms with E-state index in [1.165, 1.54) is 12.1 Å². The van der Waals surface area contributed by atoms with Crippen LogP contribution in [-0.4, -0.2) is 86.5 Å². The van der Waals surface area contributed by atoms with Gasteiger partial charge in [0.25, 0.3) is 0 Å². The van der Waals surface area contributed by atoms with E-state index in [2.05, 4.69) is 0 Å². The number of para-hydroxylation sites is 2. The molecule has 0 spiro atoms. The molecule has 0 atom stereocenters. The van der Waals surface area contributed by atoms with E-state index in [9.17, 15) is 20.4 Å². The number of aromatic hydroxyl groups is 4. The van der Waals surface area contributed by atoms with E-state index >= 15 is 0 Å². The lowest BCUT2D eigenvalue weighted by molar-refractivity contribution is -0.00710. The zero-order valence-electron chi connectivity index (χ0n) is 17.8. The van der Waals surface area contributed by atoms with Crippen molar-refractivity contribution in [2.45, 2.75) is 0 Å². The molecule has 0 saturated carbocycles. The van der Waals surface area contributed by atoms with E-state index in [0.717, 1.165) is 0 Å². The lowest BCUT2D eigenvalue weighted by Crippen LogP contribution is -2.14. The zero-order chi connectivity index (χ0) is 23.0. The lowest BCUT2D eigenvalue weighted by Gasteiger charge is -2.10. The van der Waals surface area contributed by atoms with Gasteiger partial charge in [-0.25, -0.2) is 0 Å². The Morgan fingerprint density at radius 2 is 0.750 bits per heavy atom. The maximum absolute atomic E-state index is 9.60. The Bertz CT molecular complexity index is 718. The summed E-state index contributed by atoms with van der Waals surface area (Å²) in [6.07, 6.45) is 0. The van der Waals surface area contributed by atoms with Crippen molar-refractivity contribution in [1.82, 2.24) is 0 Å². The summed E-state index contributed by atoms with van der Waals surface area (Å²) in [6, 6.07) is 9.01. The predicted octanol–water partition coefficient (Wildman–Crippen LogP) is 2.03. The van der Waals surface area contributed by atoms with Gasteiger partial charge < -0.3 is 48.8 Å². The molecule has 10 nitrogen and oxygen atoms in total. The number of ether oxygens (including phenoxy) is 6. The predicted molar refractivity (Wildman–Crippen MR) is 114 cm³/mol. The Labute approximate surface area is 186 Å². The zero-order valence-corrected chi connectivity index (χ0v) is 17.8. The van der Waals surface area contributed by atoms with Gasteiger partial charge in [-0.15, -0.1) is 0 Å². The van der Waals surface area contributed by atoms with Crippen molar-refractivity contribution < 1.29 is 48.8 Å². The maximum Gasteiger partial charge on any atom is 0.200 e. The molecule has 2 aromatic carbocycles. The third-order valence-corrected chi connectivity index (χ3v) is 4.04. The number of hydrogen-bond acceptors (Lipinski definition) is 10. The molecule has 2 aromatic rings.